The second-order valence-corrected chi connectivity index (χ2v) is 6.79. The summed E-state index contributed by atoms with van der Waals surface area (Å²) < 4.78 is 20.8. The highest BCUT2D eigenvalue weighted by Crippen LogP contribution is 2.26. The molecule has 0 fully saturated rings. The Labute approximate surface area is 159 Å². The summed E-state index contributed by atoms with van der Waals surface area (Å²) >= 11 is 1.65. The molecule has 4 aromatic rings. The van der Waals surface area contributed by atoms with E-state index in [0.717, 1.165) is 15.6 Å². The maximum absolute atomic E-state index is 13.7. The quantitative estimate of drug-likeness (QED) is 0.515. The molecule has 0 spiro atoms. The molecule has 6 heteroatoms. The SMILES string of the molecule is O=C(Nc1cccc(OCc2csc3ccncc23)c1)c1ccccc1F. The van der Waals surface area contributed by atoms with Crippen LogP contribution in [0.15, 0.2) is 72.4 Å². The molecule has 4 rings (SSSR count). The largest absolute Gasteiger partial charge is 0.489 e. The fourth-order valence-electron chi connectivity index (χ4n) is 2.70. The van der Waals surface area contributed by atoms with E-state index in [1.807, 2.05) is 18.3 Å². The third kappa shape index (κ3) is 3.80. The molecular weight excluding hydrogens is 363 g/mol. The van der Waals surface area contributed by atoms with Crippen molar-refractivity contribution in [3.8, 4) is 5.75 Å². The van der Waals surface area contributed by atoms with E-state index in [1.54, 1.807) is 47.9 Å². The lowest BCUT2D eigenvalue weighted by atomic mass is 10.2. The van der Waals surface area contributed by atoms with Gasteiger partial charge in [0, 0.05) is 39.8 Å². The van der Waals surface area contributed by atoms with Crippen LogP contribution in [0.4, 0.5) is 10.1 Å². The first-order chi connectivity index (χ1) is 13.2. The van der Waals surface area contributed by atoms with Gasteiger partial charge in [-0.05, 0) is 35.7 Å². The summed E-state index contributed by atoms with van der Waals surface area (Å²) in [5.41, 5.74) is 1.60. The monoisotopic (exact) mass is 378 g/mol. The number of benzene rings is 2. The van der Waals surface area contributed by atoms with Crippen LogP contribution in [0.3, 0.4) is 0 Å². The van der Waals surface area contributed by atoms with Gasteiger partial charge in [-0.25, -0.2) is 4.39 Å². The number of hydrogen-bond donors (Lipinski definition) is 1. The van der Waals surface area contributed by atoms with Gasteiger partial charge in [0.2, 0.25) is 0 Å². The molecule has 0 radical (unpaired) electrons. The number of nitrogens with one attached hydrogen (secondary N) is 1. The summed E-state index contributed by atoms with van der Waals surface area (Å²) in [5.74, 6) is -0.440. The first kappa shape index (κ1) is 17.2. The van der Waals surface area contributed by atoms with E-state index >= 15 is 0 Å². The average Bonchev–Trinajstić information content (AvgIpc) is 3.10. The Morgan fingerprint density at radius 1 is 1.15 bits per heavy atom. The second-order valence-electron chi connectivity index (χ2n) is 5.88. The molecule has 1 amide bonds. The highest BCUT2D eigenvalue weighted by atomic mass is 32.1. The molecule has 2 heterocycles. The minimum Gasteiger partial charge on any atom is -0.489 e. The highest BCUT2D eigenvalue weighted by molar-refractivity contribution is 7.17. The van der Waals surface area contributed by atoms with Gasteiger partial charge in [0.1, 0.15) is 18.2 Å². The number of aromatic nitrogens is 1. The molecule has 1 N–H and O–H groups in total. The number of nitrogens with zero attached hydrogens (tertiary/aromatic N) is 1. The third-order valence-corrected chi connectivity index (χ3v) is 5.07. The summed E-state index contributed by atoms with van der Waals surface area (Å²) in [6.45, 7) is 0.399. The predicted molar refractivity (Wildman–Crippen MR) is 105 cm³/mol. The van der Waals surface area contributed by atoms with Gasteiger partial charge in [-0.2, -0.15) is 0 Å². The van der Waals surface area contributed by atoms with Crippen LogP contribution in [-0.4, -0.2) is 10.9 Å². The summed E-state index contributed by atoms with van der Waals surface area (Å²) in [4.78, 5) is 16.4. The molecule has 0 aliphatic heterocycles. The van der Waals surface area contributed by atoms with Gasteiger partial charge in [-0.15, -0.1) is 11.3 Å². The van der Waals surface area contributed by atoms with Crippen LogP contribution >= 0.6 is 11.3 Å². The van der Waals surface area contributed by atoms with Crippen molar-refractivity contribution in [2.75, 3.05) is 5.32 Å². The normalized spacial score (nSPS) is 10.7. The lowest BCUT2D eigenvalue weighted by molar-refractivity contribution is 0.102. The molecule has 0 saturated heterocycles. The molecular formula is C21H15FN2O2S. The Bertz CT molecular complexity index is 1110. The number of hydrogen-bond acceptors (Lipinski definition) is 4. The standard InChI is InChI=1S/C21H15FN2O2S/c22-19-7-2-1-6-17(19)21(25)24-15-4-3-5-16(10-15)26-12-14-13-27-20-8-9-23-11-18(14)20/h1-11,13H,12H2,(H,24,25). The van der Waals surface area contributed by atoms with Gasteiger partial charge in [0.15, 0.2) is 0 Å². The molecule has 27 heavy (non-hydrogen) atoms. The maximum atomic E-state index is 13.7. The second kappa shape index (κ2) is 7.55. The van der Waals surface area contributed by atoms with Crippen molar-refractivity contribution in [2.24, 2.45) is 0 Å². The first-order valence-electron chi connectivity index (χ1n) is 8.29. The number of carbonyl (C=O) groups is 1. The van der Waals surface area contributed by atoms with Gasteiger partial charge in [0.25, 0.3) is 5.91 Å². The number of pyridine rings is 1. The Hall–Kier alpha value is -3.25. The van der Waals surface area contributed by atoms with E-state index in [1.165, 1.54) is 12.1 Å². The van der Waals surface area contributed by atoms with E-state index in [9.17, 15) is 9.18 Å². The Morgan fingerprint density at radius 2 is 2.04 bits per heavy atom. The van der Waals surface area contributed by atoms with Gasteiger partial charge >= 0.3 is 0 Å². The van der Waals surface area contributed by atoms with Crippen LogP contribution in [0.1, 0.15) is 15.9 Å². The van der Waals surface area contributed by atoms with Gasteiger partial charge in [-0.1, -0.05) is 18.2 Å². The van der Waals surface area contributed by atoms with E-state index in [2.05, 4.69) is 15.7 Å². The van der Waals surface area contributed by atoms with Crippen molar-refractivity contribution < 1.29 is 13.9 Å². The smallest absolute Gasteiger partial charge is 0.258 e. The number of amides is 1. The number of anilines is 1. The van der Waals surface area contributed by atoms with Gasteiger partial charge in [-0.3, -0.25) is 9.78 Å². The van der Waals surface area contributed by atoms with Gasteiger partial charge in [0.05, 0.1) is 5.56 Å². The minimum atomic E-state index is -0.555. The number of carbonyl (C=O) groups excluding carboxylic acids is 1. The molecule has 0 unspecified atom stereocenters. The average molecular weight is 378 g/mol. The van der Waals surface area contributed by atoms with Crippen molar-refractivity contribution in [2.45, 2.75) is 6.61 Å². The molecule has 0 atom stereocenters. The number of fused-ring (bicyclic) bond motifs is 1. The minimum absolute atomic E-state index is 0.000986. The molecule has 4 nitrogen and oxygen atoms in total. The number of rotatable bonds is 5. The van der Waals surface area contributed by atoms with E-state index in [-0.39, 0.29) is 5.56 Å². The number of ether oxygens (including phenoxy) is 1. The lowest BCUT2D eigenvalue weighted by Crippen LogP contribution is -2.13. The molecule has 0 saturated carbocycles. The van der Waals surface area contributed by atoms with Crippen LogP contribution in [0.2, 0.25) is 0 Å². The number of halogens is 1. The fraction of sp³-hybridized carbons (Fsp3) is 0.0476. The Kier molecular flexibility index (Phi) is 4.80. The summed E-state index contributed by atoms with van der Waals surface area (Å²) in [6, 6.07) is 14.9. The molecule has 134 valence electrons. The lowest BCUT2D eigenvalue weighted by Gasteiger charge is -2.09. The van der Waals surface area contributed by atoms with Crippen molar-refractivity contribution in [1.82, 2.24) is 4.98 Å². The Morgan fingerprint density at radius 3 is 2.93 bits per heavy atom. The summed E-state index contributed by atoms with van der Waals surface area (Å²) in [5, 5.41) is 5.82. The third-order valence-electron chi connectivity index (χ3n) is 4.06. The summed E-state index contributed by atoms with van der Waals surface area (Å²) in [7, 11) is 0. The van der Waals surface area contributed by atoms with E-state index < -0.39 is 11.7 Å². The summed E-state index contributed by atoms with van der Waals surface area (Å²) in [6.07, 6.45) is 3.60. The van der Waals surface area contributed by atoms with Crippen LogP contribution in [0.5, 0.6) is 5.75 Å². The predicted octanol–water partition coefficient (Wildman–Crippen LogP) is 5.27. The topological polar surface area (TPSA) is 51.2 Å². The highest BCUT2D eigenvalue weighted by Gasteiger charge is 2.11. The fourth-order valence-corrected chi connectivity index (χ4v) is 3.62. The first-order valence-corrected chi connectivity index (χ1v) is 9.17. The van der Waals surface area contributed by atoms with Crippen molar-refractivity contribution in [3.63, 3.8) is 0 Å². The van der Waals surface area contributed by atoms with Crippen LogP contribution < -0.4 is 10.1 Å². The zero-order chi connectivity index (χ0) is 18.6. The van der Waals surface area contributed by atoms with Crippen LogP contribution in [0, 0.1) is 5.82 Å². The Balaban J connectivity index is 1.46. The van der Waals surface area contributed by atoms with Crippen molar-refractivity contribution in [3.05, 3.63) is 89.3 Å². The molecule has 0 bridgehead atoms. The van der Waals surface area contributed by atoms with Crippen molar-refractivity contribution >= 4 is 33.0 Å². The molecule has 0 aliphatic carbocycles. The zero-order valence-corrected chi connectivity index (χ0v) is 15.0. The van der Waals surface area contributed by atoms with E-state index in [0.29, 0.717) is 18.0 Å². The van der Waals surface area contributed by atoms with Gasteiger partial charge < -0.3 is 10.1 Å². The zero-order valence-electron chi connectivity index (χ0n) is 14.2. The maximum Gasteiger partial charge on any atom is 0.258 e. The molecule has 2 aromatic heterocycles. The molecule has 0 aliphatic rings. The van der Waals surface area contributed by atoms with Crippen molar-refractivity contribution in [1.29, 1.82) is 0 Å². The number of thiophene rings is 1. The molecule has 2 aromatic carbocycles. The van der Waals surface area contributed by atoms with E-state index in [4.69, 9.17) is 4.74 Å². The van der Waals surface area contributed by atoms with Crippen LogP contribution in [0.25, 0.3) is 10.1 Å². The van der Waals surface area contributed by atoms with Crippen LogP contribution in [-0.2, 0) is 6.61 Å².